The fourth-order valence-corrected chi connectivity index (χ4v) is 1.55. The van der Waals surface area contributed by atoms with Crippen LogP contribution < -0.4 is 10.1 Å². The summed E-state index contributed by atoms with van der Waals surface area (Å²) >= 11 is 0. The number of anilines is 1. The Labute approximate surface area is 114 Å². The number of aryl methyl sites for hydroxylation is 1. The van der Waals surface area contributed by atoms with Gasteiger partial charge in [0.25, 0.3) is 0 Å². The van der Waals surface area contributed by atoms with Crippen LogP contribution in [0.15, 0.2) is 6.07 Å². The Morgan fingerprint density at radius 2 is 2.11 bits per heavy atom. The first-order valence-electron chi connectivity index (χ1n) is 6.44. The summed E-state index contributed by atoms with van der Waals surface area (Å²) in [7, 11) is 1.57. The Balaban J connectivity index is 2.51. The standard InChI is InChI=1S/C13H23N3O3/c1-9(2)19-12-7-10(3)15-13(16-12)14-6-5-11(17)8-18-4/h7,9,11,17H,5-6,8H2,1-4H3,(H,14,15,16). The van der Waals surface area contributed by atoms with Gasteiger partial charge in [-0.1, -0.05) is 0 Å². The van der Waals surface area contributed by atoms with Crippen LogP contribution in [0.5, 0.6) is 5.88 Å². The van der Waals surface area contributed by atoms with E-state index >= 15 is 0 Å². The topological polar surface area (TPSA) is 76.5 Å². The van der Waals surface area contributed by atoms with Crippen LogP contribution in [0.3, 0.4) is 0 Å². The van der Waals surface area contributed by atoms with Gasteiger partial charge in [-0.3, -0.25) is 0 Å². The average molecular weight is 269 g/mol. The smallest absolute Gasteiger partial charge is 0.226 e. The lowest BCUT2D eigenvalue weighted by Gasteiger charge is -2.12. The van der Waals surface area contributed by atoms with Gasteiger partial charge in [-0.05, 0) is 27.2 Å². The van der Waals surface area contributed by atoms with Crippen LogP contribution >= 0.6 is 0 Å². The van der Waals surface area contributed by atoms with E-state index in [-0.39, 0.29) is 6.10 Å². The Hall–Kier alpha value is -1.40. The summed E-state index contributed by atoms with van der Waals surface area (Å²) in [6, 6.07) is 1.80. The third-order valence-corrected chi connectivity index (χ3v) is 2.31. The molecule has 1 rings (SSSR count). The van der Waals surface area contributed by atoms with E-state index in [9.17, 15) is 5.11 Å². The van der Waals surface area contributed by atoms with Crippen molar-refractivity contribution in [2.24, 2.45) is 0 Å². The first-order valence-corrected chi connectivity index (χ1v) is 6.44. The lowest BCUT2D eigenvalue weighted by molar-refractivity contribution is 0.0615. The van der Waals surface area contributed by atoms with E-state index in [0.29, 0.717) is 31.4 Å². The third-order valence-electron chi connectivity index (χ3n) is 2.31. The molecule has 1 unspecified atom stereocenters. The Kier molecular flexibility index (Phi) is 6.52. The van der Waals surface area contributed by atoms with E-state index in [1.807, 2.05) is 20.8 Å². The molecule has 0 spiro atoms. The SMILES string of the molecule is COCC(O)CCNc1nc(C)cc(OC(C)C)n1. The largest absolute Gasteiger partial charge is 0.475 e. The highest BCUT2D eigenvalue weighted by molar-refractivity contribution is 5.30. The van der Waals surface area contributed by atoms with Crippen molar-refractivity contribution < 1.29 is 14.6 Å². The highest BCUT2D eigenvalue weighted by atomic mass is 16.5. The van der Waals surface area contributed by atoms with Crippen LogP contribution in [0.4, 0.5) is 5.95 Å². The fraction of sp³-hybridized carbons (Fsp3) is 0.692. The van der Waals surface area contributed by atoms with Crippen molar-refractivity contribution >= 4 is 5.95 Å². The van der Waals surface area contributed by atoms with E-state index in [4.69, 9.17) is 9.47 Å². The van der Waals surface area contributed by atoms with Gasteiger partial charge in [0, 0.05) is 25.4 Å². The average Bonchev–Trinajstić information content (AvgIpc) is 2.27. The molecule has 0 aliphatic carbocycles. The van der Waals surface area contributed by atoms with Gasteiger partial charge in [-0.15, -0.1) is 0 Å². The van der Waals surface area contributed by atoms with Crippen molar-refractivity contribution in [2.75, 3.05) is 25.6 Å². The van der Waals surface area contributed by atoms with Gasteiger partial charge in [0.15, 0.2) is 0 Å². The minimum absolute atomic E-state index is 0.0747. The first kappa shape index (κ1) is 15.7. The highest BCUT2D eigenvalue weighted by Crippen LogP contribution is 2.13. The molecule has 108 valence electrons. The van der Waals surface area contributed by atoms with Crippen LogP contribution in [0.2, 0.25) is 0 Å². The molecule has 0 bridgehead atoms. The Bertz CT molecular complexity index is 385. The first-order chi connectivity index (χ1) is 9.01. The zero-order valence-corrected chi connectivity index (χ0v) is 12.0. The minimum Gasteiger partial charge on any atom is -0.475 e. The number of aliphatic hydroxyl groups excluding tert-OH is 1. The number of rotatable bonds is 8. The molecule has 19 heavy (non-hydrogen) atoms. The summed E-state index contributed by atoms with van der Waals surface area (Å²) in [6.45, 7) is 6.70. The number of aliphatic hydroxyl groups is 1. The molecule has 0 amide bonds. The molecule has 0 aromatic carbocycles. The summed E-state index contributed by atoms with van der Waals surface area (Å²) in [4.78, 5) is 8.53. The normalized spacial score (nSPS) is 12.5. The molecule has 0 radical (unpaired) electrons. The maximum absolute atomic E-state index is 9.52. The van der Waals surface area contributed by atoms with Crippen LogP contribution in [0, 0.1) is 6.92 Å². The summed E-state index contributed by atoms with van der Waals surface area (Å²) in [6.07, 6.45) is 0.172. The lowest BCUT2D eigenvalue weighted by atomic mass is 10.3. The monoisotopic (exact) mass is 269 g/mol. The molecule has 1 heterocycles. The zero-order chi connectivity index (χ0) is 14.3. The van der Waals surface area contributed by atoms with Gasteiger partial charge in [0.1, 0.15) is 0 Å². The second kappa shape index (κ2) is 7.91. The zero-order valence-electron chi connectivity index (χ0n) is 12.0. The Morgan fingerprint density at radius 1 is 1.37 bits per heavy atom. The van der Waals surface area contributed by atoms with Crippen molar-refractivity contribution in [2.45, 2.75) is 39.4 Å². The van der Waals surface area contributed by atoms with E-state index in [1.165, 1.54) is 0 Å². The molecular formula is C13H23N3O3. The second-order valence-electron chi connectivity index (χ2n) is 4.66. The van der Waals surface area contributed by atoms with Crippen LogP contribution in [-0.2, 0) is 4.74 Å². The quantitative estimate of drug-likeness (QED) is 0.742. The molecule has 0 aliphatic heterocycles. The number of hydrogen-bond acceptors (Lipinski definition) is 6. The second-order valence-corrected chi connectivity index (χ2v) is 4.66. The maximum Gasteiger partial charge on any atom is 0.226 e. The molecule has 2 N–H and O–H groups in total. The molecule has 1 atom stereocenters. The number of nitrogens with one attached hydrogen (secondary N) is 1. The van der Waals surface area contributed by atoms with Gasteiger partial charge >= 0.3 is 0 Å². The maximum atomic E-state index is 9.52. The lowest BCUT2D eigenvalue weighted by Crippen LogP contribution is -2.19. The van der Waals surface area contributed by atoms with Crippen LogP contribution in [0.1, 0.15) is 26.0 Å². The Morgan fingerprint density at radius 3 is 2.74 bits per heavy atom. The molecule has 0 saturated carbocycles. The third kappa shape index (κ3) is 6.35. The number of hydrogen-bond donors (Lipinski definition) is 2. The number of nitrogens with zero attached hydrogens (tertiary/aromatic N) is 2. The minimum atomic E-state index is -0.478. The van der Waals surface area contributed by atoms with Gasteiger partial charge in [-0.2, -0.15) is 4.98 Å². The molecule has 0 aliphatic rings. The van der Waals surface area contributed by atoms with Crippen molar-refractivity contribution in [3.05, 3.63) is 11.8 Å². The molecule has 1 aromatic heterocycles. The predicted molar refractivity (Wildman–Crippen MR) is 73.5 cm³/mol. The van der Waals surface area contributed by atoms with Crippen LogP contribution in [0.25, 0.3) is 0 Å². The van der Waals surface area contributed by atoms with Gasteiger partial charge in [0.2, 0.25) is 11.8 Å². The summed E-state index contributed by atoms with van der Waals surface area (Å²) in [5.41, 5.74) is 0.839. The van der Waals surface area contributed by atoms with Crippen molar-refractivity contribution in [3.8, 4) is 5.88 Å². The van der Waals surface area contributed by atoms with E-state index in [1.54, 1.807) is 13.2 Å². The van der Waals surface area contributed by atoms with E-state index in [2.05, 4.69) is 15.3 Å². The van der Waals surface area contributed by atoms with Gasteiger partial charge in [0.05, 0.1) is 18.8 Å². The fourth-order valence-electron chi connectivity index (χ4n) is 1.55. The molecule has 0 saturated heterocycles. The summed E-state index contributed by atoms with van der Waals surface area (Å²) in [5, 5.41) is 12.6. The number of ether oxygens (including phenoxy) is 2. The molecule has 1 aromatic rings. The van der Waals surface area contributed by atoms with Gasteiger partial charge in [-0.25, -0.2) is 4.98 Å². The molecule has 6 nitrogen and oxygen atoms in total. The van der Waals surface area contributed by atoms with E-state index < -0.39 is 6.10 Å². The number of aromatic nitrogens is 2. The summed E-state index contributed by atoms with van der Waals surface area (Å²) < 4.78 is 10.4. The molecule has 6 heteroatoms. The van der Waals surface area contributed by atoms with Gasteiger partial charge < -0.3 is 19.9 Å². The van der Waals surface area contributed by atoms with Crippen molar-refractivity contribution in [1.29, 1.82) is 0 Å². The molecule has 0 fully saturated rings. The summed E-state index contributed by atoms with van der Waals surface area (Å²) in [5.74, 6) is 1.07. The number of methoxy groups -OCH3 is 1. The van der Waals surface area contributed by atoms with Crippen LogP contribution in [-0.4, -0.2) is 47.5 Å². The van der Waals surface area contributed by atoms with E-state index in [0.717, 1.165) is 5.69 Å². The molecular weight excluding hydrogens is 246 g/mol. The predicted octanol–water partition coefficient (Wildman–Crippen LogP) is 1.38. The highest BCUT2D eigenvalue weighted by Gasteiger charge is 2.06. The van der Waals surface area contributed by atoms with Crippen molar-refractivity contribution in [3.63, 3.8) is 0 Å². The van der Waals surface area contributed by atoms with Crippen molar-refractivity contribution in [1.82, 2.24) is 9.97 Å².